The van der Waals surface area contributed by atoms with E-state index in [0.29, 0.717) is 25.4 Å². The molecule has 0 aromatic heterocycles. The van der Waals surface area contributed by atoms with Crippen molar-refractivity contribution in [1.29, 1.82) is 0 Å². The second-order valence-electron chi connectivity index (χ2n) is 9.72. The third kappa shape index (κ3) is 4.86. The van der Waals surface area contributed by atoms with Gasteiger partial charge in [-0.2, -0.15) is 0 Å². The molecular formula is C23H29F2N3O4. The highest BCUT2D eigenvalue weighted by Gasteiger charge is 2.38. The van der Waals surface area contributed by atoms with Crippen LogP contribution in [-0.2, 0) is 14.3 Å². The molecule has 0 radical (unpaired) electrons. The van der Waals surface area contributed by atoms with Gasteiger partial charge in [-0.05, 0) is 49.1 Å². The summed E-state index contributed by atoms with van der Waals surface area (Å²) < 4.78 is 34.6. The molecule has 0 bridgehead atoms. The molecule has 1 aliphatic carbocycles. The molecule has 2 aliphatic heterocycles. The Bertz CT molecular complexity index is 903. The Kier molecular flexibility index (Phi) is 6.09. The molecular weight excluding hydrogens is 420 g/mol. The van der Waals surface area contributed by atoms with Crippen molar-refractivity contribution in [2.24, 2.45) is 11.3 Å². The normalized spacial score (nSPS) is 21.8. The van der Waals surface area contributed by atoms with E-state index in [1.54, 1.807) is 4.90 Å². The van der Waals surface area contributed by atoms with E-state index in [4.69, 9.17) is 4.74 Å². The van der Waals surface area contributed by atoms with Gasteiger partial charge in [0.1, 0.15) is 11.6 Å². The number of nitrogens with one attached hydrogen (secondary N) is 2. The van der Waals surface area contributed by atoms with E-state index in [-0.39, 0.29) is 29.9 Å². The van der Waals surface area contributed by atoms with Gasteiger partial charge in [0.25, 0.3) is 0 Å². The van der Waals surface area contributed by atoms with Crippen molar-refractivity contribution in [2.45, 2.75) is 57.9 Å². The predicted octanol–water partition coefficient (Wildman–Crippen LogP) is 3.23. The largest absolute Gasteiger partial charge is 0.450 e. The maximum Gasteiger partial charge on any atom is 0.407 e. The van der Waals surface area contributed by atoms with Gasteiger partial charge in [0, 0.05) is 30.8 Å². The molecule has 1 aromatic carbocycles. The van der Waals surface area contributed by atoms with Crippen LogP contribution in [0.3, 0.4) is 0 Å². The predicted molar refractivity (Wildman–Crippen MR) is 113 cm³/mol. The molecule has 4 rings (SSSR count). The second kappa shape index (κ2) is 8.67. The number of amides is 3. The Morgan fingerprint density at radius 1 is 1.19 bits per heavy atom. The summed E-state index contributed by atoms with van der Waals surface area (Å²) in [6.07, 6.45) is 2.95. The number of imide groups is 1. The van der Waals surface area contributed by atoms with Crippen molar-refractivity contribution in [3.63, 3.8) is 0 Å². The monoisotopic (exact) mass is 449 g/mol. The Balaban J connectivity index is 1.26. The van der Waals surface area contributed by atoms with Gasteiger partial charge in [-0.3, -0.25) is 14.9 Å². The molecule has 1 saturated carbocycles. The number of piperidine rings is 1. The number of anilines is 1. The Morgan fingerprint density at radius 3 is 2.44 bits per heavy atom. The van der Waals surface area contributed by atoms with Gasteiger partial charge in [0.15, 0.2) is 0 Å². The molecule has 3 aliphatic rings. The minimum atomic E-state index is -1.02. The van der Waals surface area contributed by atoms with Gasteiger partial charge in [-0.25, -0.2) is 13.6 Å². The fourth-order valence-corrected chi connectivity index (χ4v) is 4.52. The van der Waals surface area contributed by atoms with Crippen LogP contribution in [0.1, 0.15) is 57.4 Å². The van der Waals surface area contributed by atoms with Crippen molar-refractivity contribution in [1.82, 2.24) is 10.6 Å². The molecule has 0 spiro atoms. The molecule has 1 unspecified atom stereocenters. The van der Waals surface area contributed by atoms with Crippen LogP contribution >= 0.6 is 0 Å². The van der Waals surface area contributed by atoms with Gasteiger partial charge in [-0.15, -0.1) is 0 Å². The smallest absolute Gasteiger partial charge is 0.407 e. The number of hydrogen-bond donors (Lipinski definition) is 2. The van der Waals surface area contributed by atoms with E-state index >= 15 is 0 Å². The summed E-state index contributed by atoms with van der Waals surface area (Å²) in [6, 6.07) is 2.22. The number of carbonyl (C=O) groups is 3. The van der Waals surface area contributed by atoms with Crippen LogP contribution in [0, 0.1) is 23.0 Å². The molecule has 2 heterocycles. The molecule has 2 N–H and O–H groups in total. The minimum absolute atomic E-state index is 0.0463. The molecule has 9 heteroatoms. The molecule has 3 fully saturated rings. The summed E-state index contributed by atoms with van der Waals surface area (Å²) in [5.41, 5.74) is 0.210. The van der Waals surface area contributed by atoms with Crippen molar-refractivity contribution < 1.29 is 27.9 Å². The Labute approximate surface area is 185 Å². The highest BCUT2D eigenvalue weighted by Crippen LogP contribution is 2.47. The van der Waals surface area contributed by atoms with Crippen molar-refractivity contribution in [3.05, 3.63) is 29.3 Å². The van der Waals surface area contributed by atoms with Gasteiger partial charge in [0.2, 0.25) is 11.8 Å². The molecule has 7 nitrogen and oxygen atoms in total. The molecule has 2 saturated heterocycles. The van der Waals surface area contributed by atoms with Crippen LogP contribution in [-0.4, -0.2) is 43.6 Å². The first-order chi connectivity index (χ1) is 15.1. The van der Waals surface area contributed by atoms with E-state index in [1.165, 1.54) is 25.0 Å². The summed E-state index contributed by atoms with van der Waals surface area (Å²) in [5, 5.41) is 4.90. The SMILES string of the molecule is CC(C)(CCOC(=O)NC1CN(c2cc(F)c(C3CCC(=O)NC3=O)c(F)c2)C1)C1CC1. The molecule has 1 aromatic rings. The fraction of sp³-hybridized carbons (Fsp3) is 0.609. The third-order valence-electron chi connectivity index (χ3n) is 6.88. The first kappa shape index (κ1) is 22.5. The molecule has 174 valence electrons. The first-order valence-corrected chi connectivity index (χ1v) is 11.1. The first-order valence-electron chi connectivity index (χ1n) is 11.1. The van der Waals surface area contributed by atoms with Gasteiger partial charge in [-0.1, -0.05) is 13.8 Å². The second-order valence-corrected chi connectivity index (χ2v) is 9.72. The van der Waals surface area contributed by atoms with Gasteiger partial charge in [0.05, 0.1) is 18.6 Å². The number of halogens is 2. The lowest BCUT2D eigenvalue weighted by molar-refractivity contribution is -0.134. The average Bonchev–Trinajstić information content (AvgIpc) is 3.51. The lowest BCUT2D eigenvalue weighted by Gasteiger charge is -2.41. The minimum Gasteiger partial charge on any atom is -0.450 e. The number of carbonyl (C=O) groups excluding carboxylic acids is 3. The number of ether oxygens (including phenoxy) is 1. The topological polar surface area (TPSA) is 87.7 Å². The van der Waals surface area contributed by atoms with Crippen LogP contribution < -0.4 is 15.5 Å². The zero-order valence-electron chi connectivity index (χ0n) is 18.4. The lowest BCUT2D eigenvalue weighted by Crippen LogP contribution is -2.59. The summed E-state index contributed by atoms with van der Waals surface area (Å²) in [4.78, 5) is 37.0. The van der Waals surface area contributed by atoms with E-state index < -0.39 is 35.5 Å². The van der Waals surface area contributed by atoms with Crippen molar-refractivity contribution in [2.75, 3.05) is 24.6 Å². The number of benzene rings is 1. The maximum atomic E-state index is 14.7. The average molecular weight is 449 g/mol. The van der Waals surface area contributed by atoms with Crippen molar-refractivity contribution in [3.8, 4) is 0 Å². The molecule has 3 amide bonds. The summed E-state index contributed by atoms with van der Waals surface area (Å²) >= 11 is 0. The van der Waals surface area contributed by atoms with E-state index in [2.05, 4.69) is 24.5 Å². The van der Waals surface area contributed by atoms with E-state index in [1.807, 2.05) is 0 Å². The van der Waals surface area contributed by atoms with Crippen LogP contribution in [0.2, 0.25) is 0 Å². The third-order valence-corrected chi connectivity index (χ3v) is 6.88. The van der Waals surface area contributed by atoms with E-state index in [0.717, 1.165) is 12.3 Å². The summed E-state index contributed by atoms with van der Waals surface area (Å²) in [5.74, 6) is -3.05. The standard InChI is InChI=1S/C23H29F2N3O4/c1-23(2,13-3-4-13)7-8-32-22(31)26-14-11-28(12-14)15-9-17(24)20(18(25)10-15)16-5-6-19(29)27-21(16)30/h9-10,13-14,16H,3-8,11-12H2,1-2H3,(H,26,31)(H,27,29,30). The zero-order chi connectivity index (χ0) is 23.0. The number of alkyl carbamates (subject to hydrolysis) is 1. The molecule has 1 atom stereocenters. The highest BCUT2D eigenvalue weighted by molar-refractivity contribution is 6.01. The van der Waals surface area contributed by atoms with Crippen LogP contribution in [0.25, 0.3) is 0 Å². The quantitative estimate of drug-likeness (QED) is 0.624. The zero-order valence-corrected chi connectivity index (χ0v) is 18.4. The van der Waals surface area contributed by atoms with Crippen LogP contribution in [0.5, 0.6) is 0 Å². The van der Waals surface area contributed by atoms with Crippen LogP contribution in [0.4, 0.5) is 19.3 Å². The van der Waals surface area contributed by atoms with Gasteiger partial charge < -0.3 is 15.0 Å². The number of rotatable bonds is 7. The lowest BCUT2D eigenvalue weighted by atomic mass is 9.84. The number of hydrogen-bond acceptors (Lipinski definition) is 5. The van der Waals surface area contributed by atoms with Gasteiger partial charge >= 0.3 is 6.09 Å². The molecule has 32 heavy (non-hydrogen) atoms. The Hall–Kier alpha value is -2.71. The maximum absolute atomic E-state index is 14.7. The summed E-state index contributed by atoms with van der Waals surface area (Å²) in [6.45, 7) is 5.56. The highest BCUT2D eigenvalue weighted by atomic mass is 19.1. The van der Waals surface area contributed by atoms with Crippen LogP contribution in [0.15, 0.2) is 12.1 Å². The van der Waals surface area contributed by atoms with E-state index in [9.17, 15) is 23.2 Å². The fourth-order valence-electron chi connectivity index (χ4n) is 4.52. The number of nitrogens with zero attached hydrogens (tertiary/aromatic N) is 1. The Morgan fingerprint density at radius 2 is 1.84 bits per heavy atom. The summed E-state index contributed by atoms with van der Waals surface area (Å²) in [7, 11) is 0. The van der Waals surface area contributed by atoms with Crippen molar-refractivity contribution >= 4 is 23.6 Å².